The Morgan fingerprint density at radius 1 is 1.00 bits per heavy atom. The Morgan fingerprint density at radius 2 is 1.66 bits per heavy atom. The van der Waals surface area contributed by atoms with Crippen molar-refractivity contribution in [2.75, 3.05) is 7.11 Å². The van der Waals surface area contributed by atoms with E-state index in [0.717, 1.165) is 18.5 Å². The molecule has 1 aromatic heterocycles. The first kappa shape index (κ1) is 25.9. The number of halogens is 1. The van der Waals surface area contributed by atoms with Crippen LogP contribution in [0.2, 0.25) is 0 Å². The molecule has 0 unspecified atom stereocenters. The minimum absolute atomic E-state index is 0.0390. The predicted octanol–water partition coefficient (Wildman–Crippen LogP) is 6.29. The van der Waals surface area contributed by atoms with Gasteiger partial charge in [-0.1, -0.05) is 44.2 Å². The first-order valence-electron chi connectivity index (χ1n) is 12.5. The molecule has 1 fully saturated rings. The van der Waals surface area contributed by atoms with Gasteiger partial charge in [0.05, 0.1) is 29.0 Å². The Balaban J connectivity index is 1.64. The minimum Gasteiger partial charge on any atom is -0.497 e. The number of hydrogen-bond acceptors (Lipinski definition) is 5. The van der Waals surface area contributed by atoms with Gasteiger partial charge in [-0.3, -0.25) is 0 Å². The van der Waals surface area contributed by atoms with E-state index in [4.69, 9.17) is 14.6 Å². The minimum atomic E-state index is -3.85. The monoisotopic (exact) mass is 535 g/mol. The van der Waals surface area contributed by atoms with Crippen LogP contribution in [0.3, 0.4) is 0 Å². The summed E-state index contributed by atoms with van der Waals surface area (Å²) in [7, 11) is -2.31. The first-order chi connectivity index (χ1) is 18.3. The second-order valence-electron chi connectivity index (χ2n) is 9.56. The summed E-state index contributed by atoms with van der Waals surface area (Å²) in [5, 5.41) is 4.85. The lowest BCUT2D eigenvalue weighted by atomic mass is 10.1. The lowest BCUT2D eigenvalue weighted by molar-refractivity contribution is 0.376. The molecule has 0 spiro atoms. The van der Waals surface area contributed by atoms with Gasteiger partial charge in [0, 0.05) is 12.6 Å². The predicted molar refractivity (Wildman–Crippen MR) is 143 cm³/mol. The van der Waals surface area contributed by atoms with Gasteiger partial charge in [-0.25, -0.2) is 17.5 Å². The van der Waals surface area contributed by atoms with Gasteiger partial charge in [-0.15, -0.1) is 0 Å². The molecule has 5 rings (SSSR count). The van der Waals surface area contributed by atoms with E-state index in [9.17, 15) is 12.8 Å². The van der Waals surface area contributed by atoms with Crippen molar-refractivity contribution in [3.8, 4) is 23.1 Å². The Bertz CT molecular complexity index is 1520. The molecule has 38 heavy (non-hydrogen) atoms. The maximum atomic E-state index is 14.7. The van der Waals surface area contributed by atoms with Crippen LogP contribution in [-0.4, -0.2) is 35.7 Å². The second-order valence-corrected chi connectivity index (χ2v) is 11.5. The quantitative estimate of drug-likeness (QED) is 0.239. The molecule has 3 aromatic carbocycles. The molecule has 1 saturated carbocycles. The molecule has 0 aliphatic heterocycles. The zero-order valence-electron chi connectivity index (χ0n) is 21.5. The number of sulfonamides is 1. The Morgan fingerprint density at radius 3 is 2.26 bits per heavy atom. The lowest BCUT2D eigenvalue weighted by Gasteiger charge is -2.23. The normalized spacial score (nSPS) is 13.7. The van der Waals surface area contributed by atoms with E-state index in [2.05, 4.69) is 0 Å². The van der Waals surface area contributed by atoms with Gasteiger partial charge in [-0.2, -0.15) is 9.40 Å². The molecule has 0 atom stereocenters. The molecular formula is C29H30FN3O4S. The summed E-state index contributed by atoms with van der Waals surface area (Å²) >= 11 is 0. The number of methoxy groups -OCH3 is 1. The molecule has 0 amide bonds. The van der Waals surface area contributed by atoms with Gasteiger partial charge >= 0.3 is 0 Å². The van der Waals surface area contributed by atoms with E-state index in [0.29, 0.717) is 22.9 Å². The van der Waals surface area contributed by atoms with Gasteiger partial charge in [0.1, 0.15) is 5.75 Å². The number of benzene rings is 3. The van der Waals surface area contributed by atoms with Crippen molar-refractivity contribution >= 4 is 10.0 Å². The summed E-state index contributed by atoms with van der Waals surface area (Å²) in [4.78, 5) is 0.184. The van der Waals surface area contributed by atoms with Crippen LogP contribution in [0.25, 0.3) is 5.69 Å². The molecule has 0 N–H and O–H groups in total. The van der Waals surface area contributed by atoms with Crippen molar-refractivity contribution in [3.63, 3.8) is 0 Å². The van der Waals surface area contributed by atoms with E-state index < -0.39 is 15.8 Å². The van der Waals surface area contributed by atoms with Crippen LogP contribution in [0.15, 0.2) is 83.8 Å². The largest absolute Gasteiger partial charge is 0.497 e. The van der Waals surface area contributed by atoms with Gasteiger partial charge in [0.25, 0.3) is 0 Å². The van der Waals surface area contributed by atoms with Crippen LogP contribution in [0.5, 0.6) is 17.4 Å². The fourth-order valence-corrected chi connectivity index (χ4v) is 6.01. The molecule has 1 aliphatic rings. The maximum Gasteiger partial charge on any atom is 0.243 e. The number of ether oxygens (including phenoxy) is 2. The van der Waals surface area contributed by atoms with Crippen molar-refractivity contribution in [2.45, 2.75) is 50.1 Å². The number of para-hydroxylation sites is 2. The summed E-state index contributed by atoms with van der Waals surface area (Å²) in [6.45, 7) is 4.03. The van der Waals surface area contributed by atoms with Crippen molar-refractivity contribution < 1.29 is 22.3 Å². The Hall–Kier alpha value is -3.69. The average molecular weight is 536 g/mol. The lowest BCUT2D eigenvalue weighted by Crippen LogP contribution is -2.33. The highest BCUT2D eigenvalue weighted by Crippen LogP contribution is 2.40. The molecule has 1 aliphatic carbocycles. The summed E-state index contributed by atoms with van der Waals surface area (Å²) in [5.41, 5.74) is 2.02. The van der Waals surface area contributed by atoms with Crippen LogP contribution >= 0.6 is 0 Å². The number of rotatable bonds is 10. The van der Waals surface area contributed by atoms with Crippen LogP contribution in [0.4, 0.5) is 4.39 Å². The third kappa shape index (κ3) is 5.16. The standard InChI is InChI=1S/C29H30FN3O4S/c1-20(2)28-25(19-32(21-13-14-21)38(34,35)24-17-15-23(36-3)16-18-24)29(37-27-12-8-7-11-26(27)30)33(31-28)22-9-5-4-6-10-22/h4-12,15-18,20-21H,13-14,19H2,1-3H3. The molecule has 198 valence electrons. The highest BCUT2D eigenvalue weighted by atomic mass is 32.2. The molecule has 4 aromatic rings. The van der Waals surface area contributed by atoms with E-state index in [1.807, 2.05) is 44.2 Å². The van der Waals surface area contributed by atoms with Crippen molar-refractivity contribution in [1.82, 2.24) is 14.1 Å². The van der Waals surface area contributed by atoms with Crippen molar-refractivity contribution in [3.05, 3.63) is 95.9 Å². The first-order valence-corrected chi connectivity index (χ1v) is 14.0. The molecule has 9 heteroatoms. The second kappa shape index (κ2) is 10.6. The van der Waals surface area contributed by atoms with Gasteiger partial charge in [0.15, 0.2) is 11.6 Å². The van der Waals surface area contributed by atoms with E-state index in [-0.39, 0.29) is 29.1 Å². The van der Waals surface area contributed by atoms with Crippen molar-refractivity contribution in [1.29, 1.82) is 0 Å². The zero-order valence-corrected chi connectivity index (χ0v) is 22.4. The van der Waals surface area contributed by atoms with Crippen LogP contribution in [0, 0.1) is 5.82 Å². The molecule has 7 nitrogen and oxygen atoms in total. The Kier molecular flexibility index (Phi) is 7.23. The highest BCUT2D eigenvalue weighted by molar-refractivity contribution is 7.89. The smallest absolute Gasteiger partial charge is 0.243 e. The van der Waals surface area contributed by atoms with Crippen LogP contribution in [0.1, 0.15) is 43.9 Å². The third-order valence-electron chi connectivity index (χ3n) is 6.49. The highest BCUT2D eigenvalue weighted by Gasteiger charge is 2.40. The van der Waals surface area contributed by atoms with Gasteiger partial charge in [-0.05, 0) is 67.3 Å². The van der Waals surface area contributed by atoms with Gasteiger partial charge < -0.3 is 9.47 Å². The SMILES string of the molecule is COc1ccc(S(=O)(=O)N(Cc2c(C(C)C)nn(-c3ccccc3)c2Oc2ccccc2F)C2CC2)cc1. The maximum absolute atomic E-state index is 14.7. The Labute approximate surface area is 222 Å². The van der Waals surface area contributed by atoms with E-state index in [1.165, 1.54) is 17.5 Å². The summed E-state index contributed by atoms with van der Waals surface area (Å²) < 4.78 is 57.0. The molecular weight excluding hydrogens is 505 g/mol. The summed E-state index contributed by atoms with van der Waals surface area (Å²) in [6, 6.07) is 21.8. The number of hydrogen-bond donors (Lipinski definition) is 0. The zero-order chi connectivity index (χ0) is 26.9. The third-order valence-corrected chi connectivity index (χ3v) is 8.41. The number of nitrogens with zero attached hydrogens (tertiary/aromatic N) is 3. The van der Waals surface area contributed by atoms with Crippen LogP contribution < -0.4 is 9.47 Å². The molecule has 0 saturated heterocycles. The topological polar surface area (TPSA) is 73.7 Å². The molecule has 0 radical (unpaired) electrons. The summed E-state index contributed by atoms with van der Waals surface area (Å²) in [6.07, 6.45) is 1.53. The van der Waals surface area contributed by atoms with Crippen LogP contribution in [-0.2, 0) is 16.6 Å². The molecule has 0 bridgehead atoms. The van der Waals surface area contributed by atoms with E-state index >= 15 is 0 Å². The van der Waals surface area contributed by atoms with E-state index in [1.54, 1.807) is 47.1 Å². The fourth-order valence-electron chi connectivity index (χ4n) is 4.36. The number of aromatic nitrogens is 2. The average Bonchev–Trinajstić information content (AvgIpc) is 3.70. The summed E-state index contributed by atoms with van der Waals surface area (Å²) in [5.74, 6) is 0.351. The van der Waals surface area contributed by atoms with Crippen molar-refractivity contribution in [2.24, 2.45) is 0 Å². The van der Waals surface area contributed by atoms with Gasteiger partial charge in [0.2, 0.25) is 15.9 Å². The molecule has 1 heterocycles. The fraction of sp³-hybridized carbons (Fsp3) is 0.276.